The number of hydrogen-bond donors (Lipinski definition) is 1. The number of nitrogens with two attached hydrogens (primary N) is 1. The largest absolute Gasteiger partial charge is 0.330 e. The Morgan fingerprint density at radius 2 is 2.15 bits per heavy atom. The third kappa shape index (κ3) is 3.56. The van der Waals surface area contributed by atoms with Gasteiger partial charge in [0.1, 0.15) is 0 Å². The molecule has 1 saturated heterocycles. The number of piperidine rings is 1. The number of halogens is 2. The highest BCUT2D eigenvalue weighted by Crippen LogP contribution is 2.19. The molecule has 4 heteroatoms. The molecule has 0 amide bonds. The lowest BCUT2D eigenvalue weighted by Crippen LogP contribution is -2.43. The maximum Gasteiger partial charge on any atom is 0.251 e. The molecule has 1 aliphatic heterocycles. The predicted octanol–water partition coefficient (Wildman–Crippen LogP) is 1.45. The van der Waals surface area contributed by atoms with Gasteiger partial charge in [0, 0.05) is 6.04 Å². The fraction of sp³-hybridized carbons (Fsp3) is 1.00. The normalized spacial score (nSPS) is 25.4. The summed E-state index contributed by atoms with van der Waals surface area (Å²) in [6.07, 6.45) is 1.88. The average Bonchev–Trinajstić information content (AvgIpc) is 2.08. The van der Waals surface area contributed by atoms with E-state index in [1.54, 1.807) is 0 Å². The standard InChI is InChI=1S/C9H18F2N2/c10-9(11)7-13-6-2-1-3-8(13)4-5-12/h8-9H,1-7,12H2. The van der Waals surface area contributed by atoms with Crippen LogP contribution in [0.4, 0.5) is 8.78 Å². The van der Waals surface area contributed by atoms with Gasteiger partial charge in [0.05, 0.1) is 6.54 Å². The van der Waals surface area contributed by atoms with Gasteiger partial charge in [-0.1, -0.05) is 6.42 Å². The molecule has 0 aromatic rings. The third-order valence-corrected chi connectivity index (χ3v) is 2.62. The molecule has 1 unspecified atom stereocenters. The zero-order chi connectivity index (χ0) is 9.68. The smallest absolute Gasteiger partial charge is 0.251 e. The Labute approximate surface area is 78.1 Å². The minimum atomic E-state index is -2.21. The van der Waals surface area contributed by atoms with Crippen molar-refractivity contribution in [2.45, 2.75) is 38.2 Å². The Kier molecular flexibility index (Phi) is 4.59. The van der Waals surface area contributed by atoms with Crippen molar-refractivity contribution in [2.75, 3.05) is 19.6 Å². The third-order valence-electron chi connectivity index (χ3n) is 2.62. The molecule has 1 fully saturated rings. The molecule has 0 spiro atoms. The molecule has 78 valence electrons. The van der Waals surface area contributed by atoms with Crippen LogP contribution >= 0.6 is 0 Å². The molecule has 0 aliphatic carbocycles. The summed E-state index contributed by atoms with van der Waals surface area (Å²) in [7, 11) is 0. The quantitative estimate of drug-likeness (QED) is 0.730. The maximum atomic E-state index is 12.2. The van der Waals surface area contributed by atoms with Gasteiger partial charge >= 0.3 is 0 Å². The number of hydrogen-bond acceptors (Lipinski definition) is 2. The van der Waals surface area contributed by atoms with Gasteiger partial charge < -0.3 is 5.73 Å². The first kappa shape index (κ1) is 10.9. The molecule has 1 heterocycles. The molecule has 0 radical (unpaired) electrons. The van der Waals surface area contributed by atoms with Crippen LogP contribution in [-0.4, -0.2) is 37.0 Å². The van der Waals surface area contributed by atoms with E-state index in [1.807, 2.05) is 4.90 Å². The summed E-state index contributed by atoms with van der Waals surface area (Å²) in [6.45, 7) is 1.34. The van der Waals surface area contributed by atoms with Crippen molar-refractivity contribution >= 4 is 0 Å². The summed E-state index contributed by atoms with van der Waals surface area (Å²) >= 11 is 0. The topological polar surface area (TPSA) is 29.3 Å². The maximum absolute atomic E-state index is 12.2. The van der Waals surface area contributed by atoms with Gasteiger partial charge in [-0.05, 0) is 32.4 Å². The summed E-state index contributed by atoms with van der Waals surface area (Å²) in [5.41, 5.74) is 5.44. The predicted molar refractivity (Wildman–Crippen MR) is 48.9 cm³/mol. The van der Waals surface area contributed by atoms with Gasteiger partial charge in [0.25, 0.3) is 6.43 Å². The molecule has 0 saturated carbocycles. The average molecular weight is 192 g/mol. The molecule has 2 N–H and O–H groups in total. The second-order valence-corrected chi connectivity index (χ2v) is 3.61. The Morgan fingerprint density at radius 3 is 2.77 bits per heavy atom. The lowest BCUT2D eigenvalue weighted by atomic mass is 9.99. The SMILES string of the molecule is NCCC1CCCCN1CC(F)F. The van der Waals surface area contributed by atoms with E-state index >= 15 is 0 Å². The van der Waals surface area contributed by atoms with Gasteiger partial charge in [-0.15, -0.1) is 0 Å². The van der Waals surface area contributed by atoms with Gasteiger partial charge in [-0.25, -0.2) is 8.78 Å². The molecule has 1 aliphatic rings. The fourth-order valence-corrected chi connectivity index (χ4v) is 2.00. The van der Waals surface area contributed by atoms with E-state index in [1.165, 1.54) is 0 Å². The van der Waals surface area contributed by atoms with Gasteiger partial charge in [-0.2, -0.15) is 0 Å². The van der Waals surface area contributed by atoms with E-state index in [9.17, 15) is 8.78 Å². The van der Waals surface area contributed by atoms with Crippen LogP contribution < -0.4 is 5.73 Å². The summed E-state index contributed by atoms with van der Waals surface area (Å²) in [4.78, 5) is 1.89. The van der Waals surface area contributed by atoms with Crippen LogP contribution in [0.5, 0.6) is 0 Å². The first-order chi connectivity index (χ1) is 6.24. The van der Waals surface area contributed by atoms with Crippen LogP contribution in [0, 0.1) is 0 Å². The zero-order valence-electron chi connectivity index (χ0n) is 7.88. The minimum absolute atomic E-state index is 0.0787. The first-order valence-electron chi connectivity index (χ1n) is 4.96. The van der Waals surface area contributed by atoms with Gasteiger partial charge in [-0.3, -0.25) is 4.90 Å². The van der Waals surface area contributed by atoms with Gasteiger partial charge in [0.15, 0.2) is 0 Å². The monoisotopic (exact) mass is 192 g/mol. The molecule has 0 aromatic heterocycles. The van der Waals surface area contributed by atoms with Gasteiger partial charge in [0.2, 0.25) is 0 Å². The Bertz CT molecular complexity index is 140. The molecule has 13 heavy (non-hydrogen) atoms. The summed E-state index contributed by atoms with van der Waals surface area (Å²) in [6, 6.07) is 0.299. The summed E-state index contributed by atoms with van der Waals surface area (Å²) < 4.78 is 24.3. The van der Waals surface area contributed by atoms with Crippen LogP contribution in [0.15, 0.2) is 0 Å². The van der Waals surface area contributed by atoms with E-state index in [2.05, 4.69) is 0 Å². The van der Waals surface area contributed by atoms with Crippen molar-refractivity contribution in [1.82, 2.24) is 4.90 Å². The molecular formula is C9H18F2N2. The highest BCUT2D eigenvalue weighted by molar-refractivity contribution is 4.77. The van der Waals surface area contributed by atoms with Crippen LogP contribution in [0.3, 0.4) is 0 Å². The molecule has 2 nitrogen and oxygen atoms in total. The van der Waals surface area contributed by atoms with E-state index in [0.29, 0.717) is 12.6 Å². The highest BCUT2D eigenvalue weighted by atomic mass is 19.3. The van der Waals surface area contributed by atoms with Crippen molar-refractivity contribution in [3.05, 3.63) is 0 Å². The summed E-state index contributed by atoms with van der Waals surface area (Å²) in [5, 5.41) is 0. The second-order valence-electron chi connectivity index (χ2n) is 3.61. The second kappa shape index (κ2) is 5.50. The van der Waals surface area contributed by atoms with E-state index in [0.717, 1.165) is 32.2 Å². The van der Waals surface area contributed by atoms with Crippen LogP contribution in [0.1, 0.15) is 25.7 Å². The van der Waals surface area contributed by atoms with Crippen molar-refractivity contribution in [3.63, 3.8) is 0 Å². The van der Waals surface area contributed by atoms with E-state index in [4.69, 9.17) is 5.73 Å². The lowest BCUT2D eigenvalue weighted by molar-refractivity contribution is 0.0473. The van der Waals surface area contributed by atoms with Crippen molar-refractivity contribution in [1.29, 1.82) is 0 Å². The number of alkyl halides is 2. The molecule has 0 aromatic carbocycles. The van der Waals surface area contributed by atoms with Crippen LogP contribution in [-0.2, 0) is 0 Å². The number of rotatable bonds is 4. The minimum Gasteiger partial charge on any atom is -0.330 e. The van der Waals surface area contributed by atoms with Crippen LogP contribution in [0.25, 0.3) is 0 Å². The fourth-order valence-electron chi connectivity index (χ4n) is 2.00. The zero-order valence-corrected chi connectivity index (χ0v) is 7.88. The molecule has 1 atom stereocenters. The van der Waals surface area contributed by atoms with Crippen LogP contribution in [0.2, 0.25) is 0 Å². The Hall–Kier alpha value is -0.220. The first-order valence-corrected chi connectivity index (χ1v) is 4.96. The number of likely N-dealkylation sites (tertiary alicyclic amines) is 1. The number of nitrogens with zero attached hydrogens (tertiary/aromatic N) is 1. The van der Waals surface area contributed by atoms with Crippen molar-refractivity contribution in [2.24, 2.45) is 5.73 Å². The summed E-state index contributed by atoms with van der Waals surface area (Å²) in [5.74, 6) is 0. The van der Waals surface area contributed by atoms with E-state index < -0.39 is 6.43 Å². The lowest BCUT2D eigenvalue weighted by Gasteiger charge is -2.35. The van der Waals surface area contributed by atoms with Crippen molar-refractivity contribution < 1.29 is 8.78 Å². The highest BCUT2D eigenvalue weighted by Gasteiger charge is 2.23. The molecule has 1 rings (SSSR count). The molecular weight excluding hydrogens is 174 g/mol. The Morgan fingerprint density at radius 1 is 1.38 bits per heavy atom. The van der Waals surface area contributed by atoms with E-state index in [-0.39, 0.29) is 6.54 Å². The Balaban J connectivity index is 2.36. The molecule has 0 bridgehead atoms. The van der Waals surface area contributed by atoms with Crippen molar-refractivity contribution in [3.8, 4) is 0 Å².